The summed E-state index contributed by atoms with van der Waals surface area (Å²) in [7, 11) is 0. The van der Waals surface area contributed by atoms with Crippen LogP contribution in [0.15, 0.2) is 47.8 Å². The van der Waals surface area contributed by atoms with E-state index in [1.54, 1.807) is 16.2 Å². The lowest BCUT2D eigenvalue weighted by atomic mass is 10.1. The van der Waals surface area contributed by atoms with Gasteiger partial charge < -0.3 is 9.80 Å². The first-order chi connectivity index (χ1) is 14.1. The molecule has 2 rings (SSSR count). The molecule has 29 heavy (non-hydrogen) atoms. The van der Waals surface area contributed by atoms with Crippen molar-refractivity contribution in [1.82, 2.24) is 9.80 Å². The zero-order chi connectivity index (χ0) is 20.9. The lowest BCUT2D eigenvalue weighted by Gasteiger charge is -2.28. The van der Waals surface area contributed by atoms with Crippen LogP contribution in [0, 0.1) is 0 Å². The highest BCUT2D eigenvalue weighted by Crippen LogP contribution is 2.16. The van der Waals surface area contributed by atoms with E-state index in [9.17, 15) is 9.59 Å². The second-order valence-electron chi connectivity index (χ2n) is 7.44. The van der Waals surface area contributed by atoms with Gasteiger partial charge in [-0.05, 0) is 29.9 Å². The third-order valence-electron chi connectivity index (χ3n) is 4.95. The lowest BCUT2D eigenvalue weighted by molar-refractivity contribution is -0.141. The minimum absolute atomic E-state index is 0.0159. The Hall–Kier alpha value is -2.14. The molecule has 0 saturated heterocycles. The zero-order valence-corrected chi connectivity index (χ0v) is 18.6. The van der Waals surface area contributed by atoms with Crippen molar-refractivity contribution in [2.75, 3.05) is 13.1 Å². The van der Waals surface area contributed by atoms with Crippen molar-refractivity contribution in [2.24, 2.45) is 0 Å². The van der Waals surface area contributed by atoms with Crippen LogP contribution in [0.2, 0.25) is 0 Å². The van der Waals surface area contributed by atoms with Gasteiger partial charge in [-0.2, -0.15) is 0 Å². The Bertz CT molecular complexity index is 716. The molecule has 0 spiro atoms. The van der Waals surface area contributed by atoms with E-state index >= 15 is 0 Å². The van der Waals surface area contributed by atoms with Crippen LogP contribution < -0.4 is 0 Å². The van der Waals surface area contributed by atoms with Gasteiger partial charge >= 0.3 is 0 Å². The van der Waals surface area contributed by atoms with Crippen molar-refractivity contribution in [3.63, 3.8) is 0 Å². The third-order valence-corrected chi connectivity index (χ3v) is 5.81. The van der Waals surface area contributed by atoms with E-state index in [4.69, 9.17) is 0 Å². The summed E-state index contributed by atoms with van der Waals surface area (Å²) in [6, 6.07) is 14.1. The molecular weight excluding hydrogens is 380 g/mol. The Balaban J connectivity index is 2.07. The number of nitrogens with zero attached hydrogens (tertiary/aromatic N) is 2. The first-order valence-electron chi connectivity index (χ1n) is 10.8. The Morgan fingerprint density at radius 1 is 0.828 bits per heavy atom. The zero-order valence-electron chi connectivity index (χ0n) is 17.8. The number of benzene rings is 1. The molecule has 2 amide bonds. The Morgan fingerprint density at radius 3 is 2.24 bits per heavy atom. The molecule has 158 valence electrons. The van der Waals surface area contributed by atoms with Gasteiger partial charge in [0.15, 0.2) is 0 Å². The molecule has 0 N–H and O–H groups in total. The maximum atomic E-state index is 13.2. The average molecular weight is 415 g/mol. The molecule has 0 radical (unpaired) electrons. The first-order valence-corrected chi connectivity index (χ1v) is 11.6. The van der Waals surface area contributed by atoms with Crippen LogP contribution in [0.4, 0.5) is 0 Å². The number of hydrogen-bond donors (Lipinski definition) is 0. The summed E-state index contributed by atoms with van der Waals surface area (Å²) in [5.74, 6) is 0.123. The van der Waals surface area contributed by atoms with E-state index in [1.807, 2.05) is 46.7 Å². The summed E-state index contributed by atoms with van der Waals surface area (Å²) in [4.78, 5) is 30.7. The Labute approximate surface area is 179 Å². The van der Waals surface area contributed by atoms with Crippen molar-refractivity contribution in [3.05, 3.63) is 58.3 Å². The fourth-order valence-electron chi connectivity index (χ4n) is 3.22. The molecular formula is C24H34N2O2S. The van der Waals surface area contributed by atoms with Crippen LogP contribution in [0.5, 0.6) is 0 Å². The normalized spacial score (nSPS) is 10.7. The molecule has 4 nitrogen and oxygen atoms in total. The smallest absolute Gasteiger partial charge is 0.242 e. The molecule has 0 aliphatic rings. The highest BCUT2D eigenvalue weighted by atomic mass is 32.1. The van der Waals surface area contributed by atoms with Crippen LogP contribution in [0.1, 0.15) is 62.8 Å². The van der Waals surface area contributed by atoms with Crippen LogP contribution in [0.3, 0.4) is 0 Å². The molecule has 0 atom stereocenters. The van der Waals surface area contributed by atoms with Crippen molar-refractivity contribution in [3.8, 4) is 0 Å². The maximum Gasteiger partial charge on any atom is 0.242 e. The van der Waals surface area contributed by atoms with Gasteiger partial charge in [0.25, 0.3) is 0 Å². The highest BCUT2D eigenvalue weighted by Gasteiger charge is 2.21. The second kappa shape index (κ2) is 13.2. The molecule has 0 fully saturated rings. The van der Waals surface area contributed by atoms with Crippen molar-refractivity contribution >= 4 is 23.2 Å². The second-order valence-corrected chi connectivity index (χ2v) is 8.47. The van der Waals surface area contributed by atoms with E-state index in [2.05, 4.69) is 19.9 Å². The van der Waals surface area contributed by atoms with E-state index in [-0.39, 0.29) is 18.4 Å². The molecule has 1 aromatic heterocycles. The van der Waals surface area contributed by atoms with Gasteiger partial charge in [-0.25, -0.2) is 0 Å². The van der Waals surface area contributed by atoms with Crippen molar-refractivity contribution in [2.45, 2.75) is 65.5 Å². The molecule has 0 unspecified atom stereocenters. The number of unbranched alkanes of at least 4 members (excludes halogenated alkanes) is 3. The summed E-state index contributed by atoms with van der Waals surface area (Å²) < 4.78 is 0. The van der Waals surface area contributed by atoms with Gasteiger partial charge in [0.05, 0.1) is 13.1 Å². The standard InChI is InChI=1S/C24H34N2O2S/c1-3-5-8-15-23(27)25(16-6-4-2)20-24(28)26(19-22-14-11-17-29-22)18-21-12-9-7-10-13-21/h7,9-14,17H,3-6,8,15-16,18-20H2,1-2H3. The number of amides is 2. The predicted molar refractivity (Wildman–Crippen MR) is 121 cm³/mol. The molecule has 0 bridgehead atoms. The Morgan fingerprint density at radius 2 is 1.59 bits per heavy atom. The van der Waals surface area contributed by atoms with Crippen LogP contribution in [-0.4, -0.2) is 34.7 Å². The van der Waals surface area contributed by atoms with Crippen LogP contribution in [0.25, 0.3) is 0 Å². The molecule has 1 heterocycles. The van der Waals surface area contributed by atoms with Gasteiger partial charge in [-0.3, -0.25) is 9.59 Å². The third kappa shape index (κ3) is 8.40. The summed E-state index contributed by atoms with van der Waals surface area (Å²) in [5, 5.41) is 2.03. The van der Waals surface area contributed by atoms with Crippen molar-refractivity contribution in [1.29, 1.82) is 0 Å². The van der Waals surface area contributed by atoms with E-state index in [0.29, 0.717) is 26.1 Å². The largest absolute Gasteiger partial charge is 0.333 e. The van der Waals surface area contributed by atoms with Crippen LogP contribution >= 0.6 is 11.3 Å². The average Bonchev–Trinajstić information content (AvgIpc) is 3.24. The SMILES string of the molecule is CCCCCC(=O)N(CCCC)CC(=O)N(Cc1ccccc1)Cc1cccs1. The maximum absolute atomic E-state index is 13.2. The number of carbonyl (C=O) groups is 2. The summed E-state index contributed by atoms with van der Waals surface area (Å²) in [6.07, 6.45) is 5.52. The molecule has 0 aliphatic heterocycles. The minimum atomic E-state index is 0.0159. The number of thiophene rings is 1. The van der Waals surface area contributed by atoms with Gasteiger partial charge in [0, 0.05) is 24.4 Å². The Kier molecular flexibility index (Phi) is 10.5. The number of carbonyl (C=O) groups excluding carboxylic acids is 2. The van der Waals surface area contributed by atoms with E-state index in [0.717, 1.165) is 42.5 Å². The topological polar surface area (TPSA) is 40.6 Å². The fraction of sp³-hybridized carbons (Fsp3) is 0.500. The number of hydrogen-bond acceptors (Lipinski definition) is 3. The van der Waals surface area contributed by atoms with Crippen molar-refractivity contribution < 1.29 is 9.59 Å². The highest BCUT2D eigenvalue weighted by molar-refractivity contribution is 7.09. The summed E-state index contributed by atoms with van der Waals surface area (Å²) in [5.41, 5.74) is 1.10. The minimum Gasteiger partial charge on any atom is -0.333 e. The lowest BCUT2D eigenvalue weighted by Crippen LogP contribution is -2.42. The van der Waals surface area contributed by atoms with E-state index in [1.165, 1.54) is 0 Å². The summed E-state index contributed by atoms with van der Waals surface area (Å²) in [6.45, 7) is 6.21. The van der Waals surface area contributed by atoms with E-state index < -0.39 is 0 Å². The molecule has 1 aromatic carbocycles. The predicted octanol–water partition coefficient (Wildman–Crippen LogP) is 5.49. The van der Waals surface area contributed by atoms with Gasteiger partial charge in [-0.15, -0.1) is 11.3 Å². The quantitative estimate of drug-likeness (QED) is 0.407. The number of rotatable bonds is 13. The van der Waals surface area contributed by atoms with Crippen LogP contribution in [-0.2, 0) is 22.7 Å². The summed E-state index contributed by atoms with van der Waals surface area (Å²) >= 11 is 1.66. The molecule has 0 aliphatic carbocycles. The van der Waals surface area contributed by atoms with Gasteiger partial charge in [0.2, 0.25) is 11.8 Å². The van der Waals surface area contributed by atoms with Gasteiger partial charge in [0.1, 0.15) is 0 Å². The molecule has 0 saturated carbocycles. The monoisotopic (exact) mass is 414 g/mol. The van der Waals surface area contributed by atoms with Gasteiger partial charge in [-0.1, -0.05) is 69.5 Å². The molecule has 2 aromatic rings. The molecule has 5 heteroatoms. The fourth-order valence-corrected chi connectivity index (χ4v) is 3.93. The first kappa shape index (κ1) is 23.1.